The second-order valence-electron chi connectivity index (χ2n) is 3.45. The number of aliphatic carboxylic acids is 1. The molecule has 0 spiro atoms. The second-order valence-corrected chi connectivity index (χ2v) is 3.82. The summed E-state index contributed by atoms with van der Waals surface area (Å²) in [5.74, 6) is 2.83. The maximum atomic E-state index is 11.7. The lowest BCUT2D eigenvalue weighted by atomic mass is 10.00. The van der Waals surface area contributed by atoms with Crippen molar-refractivity contribution in [3.63, 3.8) is 0 Å². The van der Waals surface area contributed by atoms with Gasteiger partial charge in [-0.3, -0.25) is 9.59 Å². The van der Waals surface area contributed by atoms with Gasteiger partial charge in [-0.15, -0.1) is 23.4 Å². The third kappa shape index (κ3) is 6.01. The summed E-state index contributed by atoms with van der Waals surface area (Å²) in [7, 11) is 2.55. The summed E-state index contributed by atoms with van der Waals surface area (Å²) >= 11 is 5.47. The lowest BCUT2D eigenvalue weighted by Crippen LogP contribution is -2.35. The Labute approximate surface area is 111 Å². The highest BCUT2D eigenvalue weighted by Crippen LogP contribution is 2.10. The highest BCUT2D eigenvalue weighted by atomic mass is 35.5. The van der Waals surface area contributed by atoms with E-state index in [0.717, 1.165) is 6.42 Å². The Balaban J connectivity index is 4.51. The fourth-order valence-electron chi connectivity index (χ4n) is 1.22. The van der Waals surface area contributed by atoms with E-state index >= 15 is 0 Å². The number of carbonyl (C=O) groups excluding carboxylic acids is 1. The maximum Gasteiger partial charge on any atom is 0.315 e. The van der Waals surface area contributed by atoms with Crippen LogP contribution in [0.3, 0.4) is 0 Å². The van der Waals surface area contributed by atoms with Crippen LogP contribution in [0.15, 0.2) is 0 Å². The zero-order valence-corrected chi connectivity index (χ0v) is 11.2. The monoisotopic (exact) mass is 276 g/mol. The van der Waals surface area contributed by atoms with Crippen LogP contribution in [0, 0.1) is 17.8 Å². The Bertz CT molecular complexity index is 327. The Morgan fingerprint density at radius 2 is 1.89 bits per heavy atom. The van der Waals surface area contributed by atoms with Crippen LogP contribution in [0.25, 0.3) is 0 Å². The van der Waals surface area contributed by atoms with Gasteiger partial charge in [0.15, 0.2) is 0 Å². The van der Waals surface area contributed by atoms with Gasteiger partial charge >= 0.3 is 5.97 Å². The van der Waals surface area contributed by atoms with E-state index in [0.29, 0.717) is 12.3 Å². The lowest BCUT2D eigenvalue weighted by Gasteiger charge is -2.15. The van der Waals surface area contributed by atoms with Crippen LogP contribution in [0.1, 0.15) is 19.3 Å². The summed E-state index contributed by atoms with van der Waals surface area (Å²) in [6.07, 6.45) is 0.0940. The van der Waals surface area contributed by atoms with Gasteiger partial charge in [-0.2, -0.15) is 0 Å². The lowest BCUT2D eigenvalue weighted by molar-refractivity contribution is -0.166. The number of ether oxygens (including phenoxy) is 2. The Morgan fingerprint density at radius 1 is 1.28 bits per heavy atom. The number of methoxy groups -OCH3 is 2. The van der Waals surface area contributed by atoms with E-state index in [1.165, 1.54) is 14.2 Å². The van der Waals surface area contributed by atoms with Crippen molar-refractivity contribution in [3.8, 4) is 11.8 Å². The van der Waals surface area contributed by atoms with Crippen LogP contribution in [0.2, 0.25) is 0 Å². The number of alkyl halides is 1. The molecule has 18 heavy (non-hydrogen) atoms. The molecule has 0 aliphatic heterocycles. The number of hydrogen-bond donors (Lipinski definition) is 1. The van der Waals surface area contributed by atoms with E-state index in [4.69, 9.17) is 26.2 Å². The summed E-state index contributed by atoms with van der Waals surface area (Å²) in [4.78, 5) is 22.7. The van der Waals surface area contributed by atoms with Crippen molar-refractivity contribution in [2.75, 3.05) is 20.1 Å². The minimum atomic E-state index is -1.24. The highest BCUT2D eigenvalue weighted by molar-refractivity contribution is 6.17. The van der Waals surface area contributed by atoms with Crippen molar-refractivity contribution in [2.24, 2.45) is 5.92 Å². The molecule has 6 heteroatoms. The van der Waals surface area contributed by atoms with Gasteiger partial charge in [0, 0.05) is 32.9 Å². The van der Waals surface area contributed by atoms with Crippen LogP contribution in [0.5, 0.6) is 0 Å². The first kappa shape index (κ1) is 16.9. The van der Waals surface area contributed by atoms with Gasteiger partial charge in [0.1, 0.15) is 5.92 Å². The van der Waals surface area contributed by atoms with E-state index < -0.39 is 24.0 Å². The van der Waals surface area contributed by atoms with Crippen LogP contribution in [-0.2, 0) is 19.1 Å². The molecular weight excluding hydrogens is 260 g/mol. The average molecular weight is 277 g/mol. The van der Waals surface area contributed by atoms with E-state index in [1.54, 1.807) is 0 Å². The summed E-state index contributed by atoms with van der Waals surface area (Å²) in [5.41, 5.74) is 0. The zero-order valence-electron chi connectivity index (χ0n) is 10.4. The van der Waals surface area contributed by atoms with Crippen LogP contribution < -0.4 is 0 Å². The van der Waals surface area contributed by atoms with Crippen molar-refractivity contribution >= 4 is 23.4 Å². The van der Waals surface area contributed by atoms with Crippen molar-refractivity contribution in [2.45, 2.75) is 25.6 Å². The largest absolute Gasteiger partial charge is 0.481 e. The molecule has 1 unspecified atom stereocenters. The molecule has 5 nitrogen and oxygen atoms in total. The number of halogens is 1. The van der Waals surface area contributed by atoms with Gasteiger partial charge < -0.3 is 14.6 Å². The van der Waals surface area contributed by atoms with E-state index in [-0.39, 0.29) is 6.42 Å². The van der Waals surface area contributed by atoms with Crippen molar-refractivity contribution in [1.29, 1.82) is 0 Å². The quantitative estimate of drug-likeness (QED) is 0.238. The first-order chi connectivity index (χ1) is 8.58. The first-order valence-electron chi connectivity index (χ1n) is 5.42. The fourth-order valence-corrected chi connectivity index (χ4v) is 1.35. The number of rotatable bonds is 8. The van der Waals surface area contributed by atoms with Crippen molar-refractivity contribution in [1.82, 2.24) is 0 Å². The zero-order chi connectivity index (χ0) is 14.0. The summed E-state index contributed by atoms with van der Waals surface area (Å²) in [6, 6.07) is 0. The smallest absolute Gasteiger partial charge is 0.315 e. The molecule has 0 aromatic rings. The predicted molar refractivity (Wildman–Crippen MR) is 66.3 cm³/mol. The molecule has 0 aliphatic carbocycles. The number of carboxylic acids is 1. The Kier molecular flexibility index (Phi) is 9.29. The predicted octanol–water partition coefficient (Wildman–Crippen LogP) is 1.29. The molecule has 0 aromatic heterocycles. The number of hydrogen-bond acceptors (Lipinski definition) is 4. The molecule has 0 aromatic carbocycles. The first-order valence-corrected chi connectivity index (χ1v) is 5.95. The second kappa shape index (κ2) is 9.89. The summed E-state index contributed by atoms with van der Waals surface area (Å²) < 4.78 is 9.47. The fraction of sp³-hybridized carbons (Fsp3) is 0.667. The van der Waals surface area contributed by atoms with E-state index in [1.807, 2.05) is 0 Å². The molecule has 1 N–H and O–H groups in total. The standard InChI is InChI=1S/C12H17ClO5/c1-17-12(18-2)10(14)9(11(15)16)7-5-3-4-6-8-13/h9,12H,4,6-8H2,1-2H3,(H,15,16). The molecule has 0 heterocycles. The van der Waals surface area contributed by atoms with Gasteiger partial charge in [-0.25, -0.2) is 0 Å². The van der Waals surface area contributed by atoms with Gasteiger partial charge in [0.25, 0.3) is 0 Å². The molecule has 0 fully saturated rings. The molecule has 0 saturated carbocycles. The van der Waals surface area contributed by atoms with Crippen molar-refractivity contribution < 1.29 is 24.2 Å². The van der Waals surface area contributed by atoms with Crippen LogP contribution in [0.4, 0.5) is 0 Å². The Morgan fingerprint density at radius 3 is 2.33 bits per heavy atom. The normalized spacial score (nSPS) is 11.8. The molecule has 102 valence electrons. The SMILES string of the molecule is COC(OC)C(=O)C(CC#CCCCCl)C(=O)O. The summed E-state index contributed by atoms with van der Waals surface area (Å²) in [6.45, 7) is 0. The van der Waals surface area contributed by atoms with E-state index in [9.17, 15) is 9.59 Å². The van der Waals surface area contributed by atoms with Gasteiger partial charge in [-0.1, -0.05) is 0 Å². The van der Waals surface area contributed by atoms with Gasteiger partial charge in [-0.05, 0) is 6.42 Å². The maximum absolute atomic E-state index is 11.7. The number of carboxylic acid groups (broad SMARTS) is 1. The minimum absolute atomic E-state index is 0.0559. The highest BCUT2D eigenvalue weighted by Gasteiger charge is 2.31. The molecule has 0 rings (SSSR count). The minimum Gasteiger partial charge on any atom is -0.481 e. The molecule has 1 atom stereocenters. The molecule has 0 bridgehead atoms. The summed E-state index contributed by atoms with van der Waals surface area (Å²) in [5, 5.41) is 8.97. The van der Waals surface area contributed by atoms with Crippen LogP contribution >= 0.6 is 11.6 Å². The topological polar surface area (TPSA) is 72.8 Å². The van der Waals surface area contributed by atoms with Crippen LogP contribution in [-0.4, -0.2) is 43.2 Å². The average Bonchev–Trinajstić information content (AvgIpc) is 2.34. The number of ketones is 1. The number of unbranched alkanes of at least 4 members (excludes halogenated alkanes) is 1. The molecule has 0 amide bonds. The van der Waals surface area contributed by atoms with E-state index in [2.05, 4.69) is 11.8 Å². The molecule has 0 radical (unpaired) electrons. The number of Topliss-reactive ketones (excluding diaryl/α,β-unsaturated/α-hetero) is 1. The molecule has 0 aliphatic rings. The van der Waals surface area contributed by atoms with Gasteiger partial charge in [0.05, 0.1) is 0 Å². The Hall–Kier alpha value is -1.09. The number of carbonyl (C=O) groups is 2. The van der Waals surface area contributed by atoms with Gasteiger partial charge in [0.2, 0.25) is 12.1 Å². The van der Waals surface area contributed by atoms with Crippen molar-refractivity contribution in [3.05, 3.63) is 0 Å². The third-order valence-corrected chi connectivity index (χ3v) is 2.44. The third-order valence-electron chi connectivity index (χ3n) is 2.17. The molecule has 0 saturated heterocycles. The molecular formula is C12H17ClO5.